The molecule has 110 valence electrons. The van der Waals surface area contributed by atoms with Gasteiger partial charge in [0, 0.05) is 0 Å². The van der Waals surface area contributed by atoms with Gasteiger partial charge in [-0.25, -0.2) is 4.79 Å². The molecule has 0 saturated heterocycles. The van der Waals surface area contributed by atoms with Gasteiger partial charge in [-0.15, -0.1) is 0 Å². The minimum Gasteiger partial charge on any atom is -0.444 e. The van der Waals surface area contributed by atoms with Crippen LogP contribution >= 0.6 is 0 Å². The summed E-state index contributed by atoms with van der Waals surface area (Å²) in [4.78, 5) is 22.8. The summed E-state index contributed by atoms with van der Waals surface area (Å²) >= 11 is 0. The van der Waals surface area contributed by atoms with E-state index in [-0.39, 0.29) is 0 Å². The zero-order valence-electron chi connectivity index (χ0n) is 11.8. The molecule has 1 rings (SSSR count). The van der Waals surface area contributed by atoms with E-state index < -0.39 is 29.7 Å². The predicted molar refractivity (Wildman–Crippen MR) is 70.3 cm³/mol. The van der Waals surface area contributed by atoms with Crippen molar-refractivity contribution in [2.75, 3.05) is 0 Å². The second kappa shape index (κ2) is 6.23. The fourth-order valence-corrected chi connectivity index (χ4v) is 2.01. The summed E-state index contributed by atoms with van der Waals surface area (Å²) in [7, 11) is 0. The van der Waals surface area contributed by atoms with E-state index in [9.17, 15) is 14.7 Å². The van der Waals surface area contributed by atoms with Crippen LogP contribution in [0.4, 0.5) is 4.79 Å². The van der Waals surface area contributed by atoms with Crippen molar-refractivity contribution in [3.8, 4) is 0 Å². The van der Waals surface area contributed by atoms with Gasteiger partial charge in [0.1, 0.15) is 5.60 Å². The zero-order chi connectivity index (χ0) is 14.6. The third kappa shape index (κ3) is 5.46. The van der Waals surface area contributed by atoms with Crippen LogP contribution in [0.1, 0.15) is 46.5 Å². The maximum Gasteiger partial charge on any atom is 0.407 e. The number of hydrogen-bond acceptors (Lipinski definition) is 4. The summed E-state index contributed by atoms with van der Waals surface area (Å²) in [5.41, 5.74) is 4.47. The zero-order valence-corrected chi connectivity index (χ0v) is 11.8. The quantitative estimate of drug-likeness (QED) is 0.648. The molecule has 0 aliphatic heterocycles. The van der Waals surface area contributed by atoms with E-state index in [0.29, 0.717) is 12.3 Å². The number of rotatable bonds is 5. The molecule has 0 spiro atoms. The molecular weight excluding hydrogens is 249 g/mol. The van der Waals surface area contributed by atoms with Gasteiger partial charge in [-0.3, -0.25) is 4.79 Å². The number of primary amides is 1. The number of nitrogens with one attached hydrogen (secondary N) is 1. The van der Waals surface area contributed by atoms with Crippen LogP contribution in [0.15, 0.2) is 0 Å². The highest BCUT2D eigenvalue weighted by atomic mass is 16.6. The lowest BCUT2D eigenvalue weighted by Gasteiger charge is -2.32. The molecular formula is C13H24N2O4. The number of ether oxygens (including phenoxy) is 1. The maximum absolute atomic E-state index is 11.7. The van der Waals surface area contributed by atoms with Crippen molar-refractivity contribution < 1.29 is 19.4 Å². The van der Waals surface area contributed by atoms with Crippen LogP contribution in [-0.2, 0) is 9.53 Å². The maximum atomic E-state index is 11.7. The monoisotopic (exact) mass is 273 g/mol. The first-order valence-electron chi connectivity index (χ1n) is 6.66. The van der Waals surface area contributed by atoms with Crippen molar-refractivity contribution in [1.29, 1.82) is 0 Å². The normalized spacial score (nSPS) is 19.2. The van der Waals surface area contributed by atoms with E-state index in [2.05, 4.69) is 5.32 Å². The van der Waals surface area contributed by atoms with E-state index in [4.69, 9.17) is 10.5 Å². The van der Waals surface area contributed by atoms with Crippen LogP contribution in [0.2, 0.25) is 0 Å². The first kappa shape index (κ1) is 15.8. The largest absolute Gasteiger partial charge is 0.444 e. The van der Waals surface area contributed by atoms with E-state index in [1.54, 1.807) is 20.8 Å². The number of aliphatic hydroxyl groups excluding tert-OH is 1. The molecule has 0 aromatic rings. The average molecular weight is 273 g/mol. The highest BCUT2D eigenvalue weighted by molar-refractivity contribution is 5.80. The highest BCUT2D eigenvalue weighted by Crippen LogP contribution is 2.31. The predicted octanol–water partition coefficient (Wildman–Crippen LogP) is 0.916. The lowest BCUT2D eigenvalue weighted by molar-refractivity contribution is -0.127. The standard InChI is InChI=1S/C13H24N2O4/c1-13(2,3)19-12(18)15-9(10(16)11(14)17)7-8-5-4-6-8/h8-10,16H,4-7H2,1-3H3,(H2,14,17)(H,15,18)/i11+1. The minimum atomic E-state index is -1.38. The Bertz CT molecular complexity index is 334. The molecule has 1 fully saturated rings. The van der Waals surface area contributed by atoms with Crippen LogP contribution in [0.25, 0.3) is 0 Å². The van der Waals surface area contributed by atoms with Gasteiger partial charge in [-0.1, -0.05) is 19.3 Å². The summed E-state index contributed by atoms with van der Waals surface area (Å²) < 4.78 is 5.12. The molecule has 0 aromatic heterocycles. The van der Waals surface area contributed by atoms with E-state index >= 15 is 0 Å². The second-order valence-corrected chi connectivity index (χ2v) is 6.13. The van der Waals surface area contributed by atoms with E-state index in [1.165, 1.54) is 0 Å². The topological polar surface area (TPSA) is 102 Å². The van der Waals surface area contributed by atoms with E-state index in [1.807, 2.05) is 0 Å². The number of amides is 2. The first-order chi connectivity index (χ1) is 8.69. The van der Waals surface area contributed by atoms with Gasteiger partial charge in [0.25, 0.3) is 0 Å². The number of alkyl carbamates (subject to hydrolysis) is 1. The van der Waals surface area contributed by atoms with E-state index in [0.717, 1.165) is 19.3 Å². The fourth-order valence-electron chi connectivity index (χ4n) is 2.01. The van der Waals surface area contributed by atoms with Crippen LogP contribution in [0.3, 0.4) is 0 Å². The summed E-state index contributed by atoms with van der Waals surface area (Å²) in [5.74, 6) is -0.408. The van der Waals surface area contributed by atoms with Gasteiger partial charge in [-0.05, 0) is 33.1 Å². The molecule has 0 heterocycles. The minimum absolute atomic E-state index is 0.425. The lowest BCUT2D eigenvalue weighted by Crippen LogP contribution is -2.51. The Morgan fingerprint density at radius 2 is 2.00 bits per heavy atom. The lowest BCUT2D eigenvalue weighted by atomic mass is 9.80. The smallest absolute Gasteiger partial charge is 0.407 e. The Labute approximate surface area is 113 Å². The van der Waals surface area contributed by atoms with Gasteiger partial charge >= 0.3 is 6.09 Å². The average Bonchev–Trinajstić information content (AvgIpc) is 2.17. The number of carbonyl (C=O) groups is 2. The number of nitrogens with two attached hydrogens (primary N) is 1. The summed E-state index contributed by atoms with van der Waals surface area (Å²) in [6.45, 7) is 5.24. The molecule has 2 amide bonds. The van der Waals surface area contributed by atoms with Gasteiger partial charge in [0.05, 0.1) is 6.04 Å². The number of hydrogen-bond donors (Lipinski definition) is 3. The van der Waals surface area contributed by atoms with Gasteiger partial charge < -0.3 is 20.9 Å². The Balaban J connectivity index is 2.57. The molecule has 2 atom stereocenters. The van der Waals surface area contributed by atoms with Crippen LogP contribution in [0.5, 0.6) is 0 Å². The number of aliphatic hydroxyl groups is 1. The third-order valence-electron chi connectivity index (χ3n) is 3.19. The summed E-state index contributed by atoms with van der Waals surface area (Å²) in [6.07, 6.45) is 1.78. The summed E-state index contributed by atoms with van der Waals surface area (Å²) in [6, 6.07) is -0.683. The highest BCUT2D eigenvalue weighted by Gasteiger charge is 2.31. The van der Waals surface area contributed by atoms with Crippen molar-refractivity contribution >= 4 is 12.0 Å². The molecule has 2 unspecified atom stereocenters. The van der Waals surface area contributed by atoms with Crippen molar-refractivity contribution in [1.82, 2.24) is 5.32 Å². The van der Waals surface area contributed by atoms with Crippen molar-refractivity contribution in [2.45, 2.75) is 64.2 Å². The Morgan fingerprint density at radius 3 is 2.37 bits per heavy atom. The molecule has 19 heavy (non-hydrogen) atoms. The van der Waals surface area contributed by atoms with Crippen LogP contribution in [-0.4, -0.2) is 34.9 Å². The molecule has 0 bridgehead atoms. The Kier molecular flexibility index (Phi) is 5.17. The van der Waals surface area contributed by atoms with Gasteiger partial charge in [0.2, 0.25) is 5.91 Å². The Hall–Kier alpha value is -1.30. The molecule has 1 saturated carbocycles. The van der Waals surface area contributed by atoms with Crippen molar-refractivity contribution in [3.63, 3.8) is 0 Å². The van der Waals surface area contributed by atoms with Crippen molar-refractivity contribution in [2.24, 2.45) is 11.7 Å². The first-order valence-corrected chi connectivity index (χ1v) is 6.66. The SMILES string of the molecule is CC(C)(C)OC(=O)NC(CC1CCC1)C(O)[13C](N)=O. The molecule has 4 N–H and O–H groups in total. The molecule has 0 aromatic carbocycles. The van der Waals surface area contributed by atoms with Gasteiger partial charge in [-0.2, -0.15) is 0 Å². The third-order valence-corrected chi connectivity index (χ3v) is 3.19. The molecule has 1 aliphatic carbocycles. The fraction of sp³-hybridized carbons (Fsp3) is 0.846. The molecule has 1 aliphatic rings. The molecule has 6 heteroatoms. The molecule has 6 nitrogen and oxygen atoms in total. The van der Waals surface area contributed by atoms with Gasteiger partial charge in [0.15, 0.2) is 6.10 Å². The Morgan fingerprint density at radius 1 is 1.42 bits per heavy atom. The second-order valence-electron chi connectivity index (χ2n) is 6.13. The molecule has 0 radical (unpaired) electrons. The van der Waals surface area contributed by atoms with Crippen LogP contribution < -0.4 is 11.1 Å². The van der Waals surface area contributed by atoms with Crippen LogP contribution in [0, 0.1) is 5.92 Å². The summed E-state index contributed by atoms with van der Waals surface area (Å²) in [5, 5.41) is 12.3. The number of carbonyl (C=O) groups excluding carboxylic acids is 2. The van der Waals surface area contributed by atoms with Crippen molar-refractivity contribution in [3.05, 3.63) is 0 Å².